The summed E-state index contributed by atoms with van der Waals surface area (Å²) in [4.78, 5) is 16.6. The Labute approximate surface area is 154 Å². The topological polar surface area (TPSA) is 32.8 Å². The normalized spacial score (nSPS) is 16.6. The van der Waals surface area contributed by atoms with Crippen molar-refractivity contribution in [1.29, 1.82) is 0 Å². The Kier molecular flexibility index (Phi) is 5.61. The molecule has 1 aliphatic heterocycles. The van der Waals surface area contributed by atoms with E-state index in [4.69, 9.17) is 16.3 Å². The van der Waals surface area contributed by atoms with Crippen LogP contribution in [-0.4, -0.2) is 38.2 Å². The highest BCUT2D eigenvalue weighted by Crippen LogP contribution is 2.32. The first-order valence-electron chi connectivity index (χ1n) is 8.44. The average Bonchev–Trinajstić information content (AvgIpc) is 2.59. The summed E-state index contributed by atoms with van der Waals surface area (Å²) in [6, 6.07) is 15.4. The van der Waals surface area contributed by atoms with Crippen LogP contribution in [0.4, 0.5) is 10.5 Å². The molecule has 132 valence electrons. The van der Waals surface area contributed by atoms with E-state index >= 15 is 0 Å². The maximum absolute atomic E-state index is 12.7. The lowest BCUT2D eigenvalue weighted by Gasteiger charge is -2.35. The van der Waals surface area contributed by atoms with E-state index in [1.165, 1.54) is 0 Å². The minimum Gasteiger partial charge on any atom is -0.444 e. The van der Waals surface area contributed by atoms with Crippen molar-refractivity contribution in [3.63, 3.8) is 0 Å². The molecule has 0 aromatic heterocycles. The quantitative estimate of drug-likeness (QED) is 0.820. The van der Waals surface area contributed by atoms with E-state index in [0.29, 0.717) is 17.5 Å². The number of benzene rings is 2. The van der Waals surface area contributed by atoms with Crippen molar-refractivity contribution in [2.75, 3.05) is 32.1 Å². The molecule has 0 aliphatic carbocycles. The van der Waals surface area contributed by atoms with Gasteiger partial charge >= 0.3 is 6.09 Å². The Morgan fingerprint density at radius 2 is 2.00 bits per heavy atom. The summed E-state index contributed by atoms with van der Waals surface area (Å²) < 4.78 is 5.55. The van der Waals surface area contributed by atoms with Gasteiger partial charge in [-0.3, -0.25) is 4.90 Å². The van der Waals surface area contributed by atoms with Crippen molar-refractivity contribution in [3.05, 3.63) is 64.7 Å². The van der Waals surface area contributed by atoms with Crippen LogP contribution in [0.15, 0.2) is 48.5 Å². The van der Waals surface area contributed by atoms with Crippen LogP contribution in [0.25, 0.3) is 0 Å². The lowest BCUT2D eigenvalue weighted by molar-refractivity contribution is 0.144. The van der Waals surface area contributed by atoms with Crippen LogP contribution in [0.1, 0.15) is 11.1 Å². The average molecular weight is 359 g/mol. The first kappa shape index (κ1) is 17.8. The molecule has 5 heteroatoms. The molecule has 25 heavy (non-hydrogen) atoms. The molecule has 1 aliphatic rings. The van der Waals surface area contributed by atoms with E-state index in [0.717, 1.165) is 29.8 Å². The number of anilines is 1. The van der Waals surface area contributed by atoms with Gasteiger partial charge in [-0.25, -0.2) is 4.79 Å². The Balaban J connectivity index is 1.77. The van der Waals surface area contributed by atoms with Gasteiger partial charge in [-0.05, 0) is 55.8 Å². The van der Waals surface area contributed by atoms with Gasteiger partial charge in [-0.15, -0.1) is 0 Å². The molecule has 0 bridgehead atoms. The lowest BCUT2D eigenvalue weighted by Crippen LogP contribution is -2.43. The molecule has 0 saturated heterocycles. The Hall–Kier alpha value is -2.04. The second kappa shape index (κ2) is 7.89. The number of halogens is 1. The Morgan fingerprint density at radius 3 is 2.72 bits per heavy atom. The van der Waals surface area contributed by atoms with Crippen LogP contribution < -0.4 is 4.90 Å². The molecule has 0 spiro atoms. The number of amides is 1. The zero-order chi connectivity index (χ0) is 17.8. The third-order valence-corrected chi connectivity index (χ3v) is 4.57. The fourth-order valence-electron chi connectivity index (χ4n) is 3.32. The number of nitrogens with zero attached hydrogens (tertiary/aromatic N) is 2. The zero-order valence-corrected chi connectivity index (χ0v) is 15.4. The molecule has 4 nitrogen and oxygen atoms in total. The Bertz CT molecular complexity index is 734. The van der Waals surface area contributed by atoms with Crippen LogP contribution >= 0.6 is 11.6 Å². The minimum atomic E-state index is -0.309. The maximum Gasteiger partial charge on any atom is 0.414 e. The fraction of sp³-hybridized carbons (Fsp3) is 0.350. The van der Waals surface area contributed by atoms with Gasteiger partial charge in [0.15, 0.2) is 0 Å². The first-order valence-corrected chi connectivity index (χ1v) is 8.82. The molecular weight excluding hydrogens is 336 g/mol. The molecule has 0 saturated carbocycles. The number of ether oxygens (including phenoxy) is 1. The molecule has 1 atom stereocenters. The third kappa shape index (κ3) is 4.53. The van der Waals surface area contributed by atoms with Crippen LogP contribution in [0.2, 0.25) is 5.02 Å². The van der Waals surface area contributed by atoms with Gasteiger partial charge in [-0.1, -0.05) is 41.9 Å². The van der Waals surface area contributed by atoms with Crippen LogP contribution in [-0.2, 0) is 17.8 Å². The number of fused-ring (bicyclic) bond motifs is 1. The van der Waals surface area contributed by atoms with E-state index in [2.05, 4.69) is 4.90 Å². The van der Waals surface area contributed by atoms with Gasteiger partial charge in [0.2, 0.25) is 0 Å². The van der Waals surface area contributed by atoms with Crippen LogP contribution in [0, 0.1) is 5.92 Å². The molecular formula is C20H23ClN2O2. The van der Waals surface area contributed by atoms with Crippen molar-refractivity contribution in [2.24, 2.45) is 5.92 Å². The van der Waals surface area contributed by atoms with Crippen molar-refractivity contribution >= 4 is 23.4 Å². The fourth-order valence-corrected chi connectivity index (χ4v) is 3.52. The first-order chi connectivity index (χ1) is 12.0. The van der Waals surface area contributed by atoms with Crippen LogP contribution in [0.3, 0.4) is 0 Å². The number of hydrogen-bond acceptors (Lipinski definition) is 3. The largest absolute Gasteiger partial charge is 0.444 e. The minimum absolute atomic E-state index is 0.275. The smallest absolute Gasteiger partial charge is 0.414 e. The summed E-state index contributed by atoms with van der Waals surface area (Å²) in [5, 5.41) is 0.696. The molecule has 0 fully saturated rings. The summed E-state index contributed by atoms with van der Waals surface area (Å²) in [7, 11) is 4.09. The highest BCUT2D eigenvalue weighted by atomic mass is 35.5. The number of hydrogen-bond donors (Lipinski definition) is 0. The van der Waals surface area contributed by atoms with E-state index in [9.17, 15) is 4.79 Å². The van der Waals surface area contributed by atoms with E-state index < -0.39 is 0 Å². The summed E-state index contributed by atoms with van der Waals surface area (Å²) in [6.07, 6.45) is 0.604. The van der Waals surface area contributed by atoms with Gasteiger partial charge in [0.05, 0.1) is 5.69 Å². The lowest BCUT2D eigenvalue weighted by atomic mass is 9.92. The predicted octanol–water partition coefficient (Wildman–Crippen LogP) is 4.22. The molecule has 1 heterocycles. The van der Waals surface area contributed by atoms with Crippen LogP contribution in [0.5, 0.6) is 0 Å². The summed E-state index contributed by atoms with van der Waals surface area (Å²) in [5.41, 5.74) is 2.98. The molecule has 1 amide bonds. The van der Waals surface area contributed by atoms with E-state index in [1.54, 1.807) is 4.90 Å². The predicted molar refractivity (Wildman–Crippen MR) is 101 cm³/mol. The van der Waals surface area contributed by atoms with E-state index in [-0.39, 0.29) is 12.7 Å². The summed E-state index contributed by atoms with van der Waals surface area (Å²) >= 11 is 6.15. The standard InChI is InChI=1S/C20H23ClN2O2/c1-22(2)12-16-10-17-11-18(21)8-9-19(17)23(13-16)20(24)25-14-15-6-4-3-5-7-15/h3-9,11,16H,10,12-14H2,1-2H3/t16-/m1/s1. The molecule has 0 radical (unpaired) electrons. The molecule has 2 aromatic carbocycles. The van der Waals surface area contributed by atoms with Gasteiger partial charge in [0, 0.05) is 18.1 Å². The molecule has 2 aromatic rings. The molecule has 0 N–H and O–H groups in total. The maximum atomic E-state index is 12.7. The van der Waals surface area contributed by atoms with Crippen molar-refractivity contribution in [2.45, 2.75) is 13.0 Å². The highest BCUT2D eigenvalue weighted by Gasteiger charge is 2.30. The summed E-state index contributed by atoms with van der Waals surface area (Å²) in [5.74, 6) is 0.352. The SMILES string of the molecule is CN(C)C[C@H]1Cc2cc(Cl)ccc2N(C(=O)OCc2ccccc2)C1. The monoisotopic (exact) mass is 358 g/mol. The Morgan fingerprint density at radius 1 is 1.24 bits per heavy atom. The van der Waals surface area contributed by atoms with Gasteiger partial charge in [0.25, 0.3) is 0 Å². The second-order valence-corrected chi connectivity index (χ2v) is 7.19. The second-order valence-electron chi connectivity index (χ2n) is 6.76. The molecule has 0 unspecified atom stereocenters. The van der Waals surface area contributed by atoms with Crippen molar-refractivity contribution in [1.82, 2.24) is 4.90 Å². The van der Waals surface area contributed by atoms with E-state index in [1.807, 2.05) is 62.6 Å². The van der Waals surface area contributed by atoms with Gasteiger partial charge in [-0.2, -0.15) is 0 Å². The number of rotatable bonds is 4. The van der Waals surface area contributed by atoms with Gasteiger partial charge < -0.3 is 9.64 Å². The summed E-state index contributed by atoms with van der Waals surface area (Å²) in [6.45, 7) is 1.84. The number of carbonyl (C=O) groups is 1. The number of carbonyl (C=O) groups excluding carboxylic acids is 1. The van der Waals surface area contributed by atoms with Gasteiger partial charge in [0.1, 0.15) is 6.61 Å². The zero-order valence-electron chi connectivity index (χ0n) is 14.6. The highest BCUT2D eigenvalue weighted by molar-refractivity contribution is 6.30. The molecule has 3 rings (SSSR count). The third-order valence-electron chi connectivity index (χ3n) is 4.33. The van der Waals surface area contributed by atoms with Crippen molar-refractivity contribution < 1.29 is 9.53 Å². The van der Waals surface area contributed by atoms with Crippen molar-refractivity contribution in [3.8, 4) is 0 Å².